The molecule has 0 aliphatic carbocycles. The monoisotopic (exact) mass is 304 g/mol. The van der Waals surface area contributed by atoms with Gasteiger partial charge >= 0.3 is 12.1 Å². The number of carboxylic acid groups (broad SMARTS) is 1. The Morgan fingerprint density at radius 1 is 1.24 bits per heavy atom. The summed E-state index contributed by atoms with van der Waals surface area (Å²) in [5.41, 5.74) is 2.57. The van der Waals surface area contributed by atoms with Crippen LogP contribution in [0.1, 0.15) is 18.4 Å². The molecule has 21 heavy (non-hydrogen) atoms. The predicted octanol–water partition coefficient (Wildman–Crippen LogP) is 2.79. The van der Waals surface area contributed by atoms with Gasteiger partial charge in [-0.25, -0.2) is 4.79 Å². The minimum Gasteiger partial charge on any atom is -0.475 e. The number of aliphatic carboxylic acids is 1. The van der Waals surface area contributed by atoms with Crippen LogP contribution in [0.2, 0.25) is 0 Å². The topological polar surface area (TPSA) is 61.4 Å². The second-order valence-electron chi connectivity index (χ2n) is 4.84. The van der Waals surface area contributed by atoms with Gasteiger partial charge in [0.25, 0.3) is 0 Å². The van der Waals surface area contributed by atoms with Gasteiger partial charge in [-0.05, 0) is 45.0 Å². The van der Waals surface area contributed by atoms with Crippen LogP contribution in [0.5, 0.6) is 0 Å². The van der Waals surface area contributed by atoms with E-state index in [1.807, 2.05) is 0 Å². The van der Waals surface area contributed by atoms with Gasteiger partial charge in [-0.15, -0.1) is 0 Å². The highest BCUT2D eigenvalue weighted by Gasteiger charge is 2.38. The third kappa shape index (κ3) is 6.99. The van der Waals surface area contributed by atoms with Gasteiger partial charge in [0.2, 0.25) is 0 Å². The number of carboxylic acids is 1. The van der Waals surface area contributed by atoms with Crippen molar-refractivity contribution >= 4 is 11.7 Å². The molecule has 3 N–H and O–H groups in total. The fourth-order valence-electron chi connectivity index (χ4n) is 1.85. The minimum atomic E-state index is -5.08. The lowest BCUT2D eigenvalue weighted by Gasteiger charge is -2.24. The lowest BCUT2D eigenvalue weighted by Crippen LogP contribution is -2.35. The van der Waals surface area contributed by atoms with Crippen LogP contribution in [0.4, 0.5) is 18.9 Å². The largest absolute Gasteiger partial charge is 0.490 e. The number of rotatable bonds is 2. The first-order chi connectivity index (χ1) is 9.79. The van der Waals surface area contributed by atoms with Crippen LogP contribution in [0, 0.1) is 6.92 Å². The van der Waals surface area contributed by atoms with Crippen molar-refractivity contribution < 1.29 is 23.1 Å². The number of benzene rings is 1. The van der Waals surface area contributed by atoms with Gasteiger partial charge < -0.3 is 15.7 Å². The van der Waals surface area contributed by atoms with Crippen LogP contribution in [0.15, 0.2) is 24.3 Å². The summed E-state index contributed by atoms with van der Waals surface area (Å²) in [5.74, 6) is -2.76. The number of piperidine rings is 1. The molecule has 0 spiro atoms. The number of hydrogen-bond acceptors (Lipinski definition) is 3. The third-order valence-corrected chi connectivity index (χ3v) is 3.00. The van der Waals surface area contributed by atoms with E-state index in [9.17, 15) is 13.2 Å². The molecule has 1 aromatic rings. The molecule has 1 aliphatic rings. The Labute approximate surface area is 121 Å². The molecule has 0 aromatic heterocycles. The SMILES string of the molecule is Cc1ccc(NC2CCNCC2)cc1.O=C(O)C(F)(F)F. The zero-order chi connectivity index (χ0) is 15.9. The third-order valence-electron chi connectivity index (χ3n) is 3.00. The van der Waals surface area contributed by atoms with Crippen molar-refractivity contribution in [2.75, 3.05) is 18.4 Å². The van der Waals surface area contributed by atoms with Crippen LogP contribution >= 0.6 is 0 Å². The summed E-state index contributed by atoms with van der Waals surface area (Å²) in [4.78, 5) is 8.90. The van der Waals surface area contributed by atoms with E-state index in [4.69, 9.17) is 9.90 Å². The number of hydrogen-bond donors (Lipinski definition) is 3. The maximum Gasteiger partial charge on any atom is 0.490 e. The van der Waals surface area contributed by atoms with Crippen LogP contribution in [-0.2, 0) is 4.79 Å². The fourth-order valence-corrected chi connectivity index (χ4v) is 1.85. The molecule has 4 nitrogen and oxygen atoms in total. The highest BCUT2D eigenvalue weighted by atomic mass is 19.4. The number of alkyl halides is 3. The van der Waals surface area contributed by atoms with Gasteiger partial charge in [-0.3, -0.25) is 0 Å². The summed E-state index contributed by atoms with van der Waals surface area (Å²) in [6, 6.07) is 9.29. The van der Waals surface area contributed by atoms with Crippen molar-refractivity contribution in [3.05, 3.63) is 29.8 Å². The maximum atomic E-state index is 10.6. The van der Waals surface area contributed by atoms with Crippen molar-refractivity contribution in [1.82, 2.24) is 5.32 Å². The summed E-state index contributed by atoms with van der Waals surface area (Å²) < 4.78 is 31.7. The average molecular weight is 304 g/mol. The zero-order valence-corrected chi connectivity index (χ0v) is 11.7. The average Bonchev–Trinajstić information content (AvgIpc) is 2.42. The zero-order valence-electron chi connectivity index (χ0n) is 11.7. The number of anilines is 1. The standard InChI is InChI=1S/C12H18N2.C2HF3O2/c1-10-2-4-11(5-3-10)14-12-6-8-13-9-7-12;3-2(4,5)1(6)7/h2-5,12-14H,6-9H2,1H3;(H,6,7). The highest BCUT2D eigenvalue weighted by molar-refractivity contribution is 5.73. The molecule has 1 heterocycles. The van der Waals surface area contributed by atoms with Crippen LogP contribution in [0.3, 0.4) is 0 Å². The molecule has 0 bridgehead atoms. The Kier molecular flexibility index (Phi) is 6.48. The molecule has 0 atom stereocenters. The van der Waals surface area contributed by atoms with E-state index in [0.717, 1.165) is 13.1 Å². The van der Waals surface area contributed by atoms with Crippen molar-refractivity contribution in [2.45, 2.75) is 32.0 Å². The maximum absolute atomic E-state index is 10.6. The molecular weight excluding hydrogens is 285 g/mol. The van der Waals surface area contributed by atoms with Crippen LogP contribution in [-0.4, -0.2) is 36.4 Å². The van der Waals surface area contributed by atoms with E-state index in [1.165, 1.54) is 24.1 Å². The Hall–Kier alpha value is -1.76. The van der Waals surface area contributed by atoms with Crippen LogP contribution < -0.4 is 10.6 Å². The van der Waals surface area contributed by atoms with Gasteiger partial charge in [-0.2, -0.15) is 13.2 Å². The first-order valence-electron chi connectivity index (χ1n) is 6.63. The molecule has 0 unspecified atom stereocenters. The van der Waals surface area contributed by atoms with Crippen LogP contribution in [0.25, 0.3) is 0 Å². The Balaban J connectivity index is 0.000000270. The second kappa shape index (κ2) is 7.87. The van der Waals surface area contributed by atoms with E-state index in [1.54, 1.807) is 0 Å². The lowest BCUT2D eigenvalue weighted by molar-refractivity contribution is -0.192. The first-order valence-corrected chi connectivity index (χ1v) is 6.63. The Morgan fingerprint density at radius 2 is 1.71 bits per heavy atom. The number of aryl methyl sites for hydroxylation is 1. The quantitative estimate of drug-likeness (QED) is 0.786. The van der Waals surface area contributed by atoms with Gasteiger partial charge in [0, 0.05) is 11.7 Å². The Bertz CT molecular complexity index is 441. The van der Waals surface area contributed by atoms with E-state index < -0.39 is 12.1 Å². The lowest BCUT2D eigenvalue weighted by atomic mass is 10.1. The smallest absolute Gasteiger partial charge is 0.475 e. The summed E-state index contributed by atoms with van der Waals surface area (Å²) >= 11 is 0. The molecule has 0 saturated carbocycles. The minimum absolute atomic E-state index is 0.652. The summed E-state index contributed by atoms with van der Waals surface area (Å²) in [6.45, 7) is 4.40. The van der Waals surface area contributed by atoms with E-state index in [-0.39, 0.29) is 0 Å². The van der Waals surface area contributed by atoms with Crippen molar-refractivity contribution in [1.29, 1.82) is 0 Å². The summed E-state index contributed by atoms with van der Waals surface area (Å²) in [6.07, 6.45) is -2.62. The molecule has 118 valence electrons. The molecule has 2 rings (SSSR count). The number of carbonyl (C=O) groups is 1. The van der Waals surface area contributed by atoms with Gasteiger partial charge in [0.1, 0.15) is 0 Å². The molecule has 7 heteroatoms. The molecule has 0 amide bonds. The molecule has 1 aromatic carbocycles. The number of nitrogens with one attached hydrogen (secondary N) is 2. The normalized spacial score (nSPS) is 15.8. The summed E-state index contributed by atoms with van der Waals surface area (Å²) in [5, 5.41) is 14.1. The molecular formula is C14H19F3N2O2. The van der Waals surface area contributed by atoms with Crippen molar-refractivity contribution in [3.8, 4) is 0 Å². The first kappa shape index (κ1) is 17.3. The predicted molar refractivity (Wildman–Crippen MR) is 74.4 cm³/mol. The van der Waals surface area contributed by atoms with Crippen molar-refractivity contribution in [3.63, 3.8) is 0 Å². The van der Waals surface area contributed by atoms with Gasteiger partial charge in [0.05, 0.1) is 0 Å². The van der Waals surface area contributed by atoms with Crippen molar-refractivity contribution in [2.24, 2.45) is 0 Å². The van der Waals surface area contributed by atoms with E-state index >= 15 is 0 Å². The molecule has 1 saturated heterocycles. The summed E-state index contributed by atoms with van der Waals surface area (Å²) in [7, 11) is 0. The van der Waals surface area contributed by atoms with E-state index in [2.05, 4.69) is 41.8 Å². The second-order valence-corrected chi connectivity index (χ2v) is 4.84. The van der Waals surface area contributed by atoms with E-state index in [0.29, 0.717) is 6.04 Å². The van der Waals surface area contributed by atoms with Gasteiger partial charge in [0.15, 0.2) is 0 Å². The fraction of sp³-hybridized carbons (Fsp3) is 0.500. The molecule has 1 fully saturated rings. The van der Waals surface area contributed by atoms with Gasteiger partial charge in [-0.1, -0.05) is 17.7 Å². The highest BCUT2D eigenvalue weighted by Crippen LogP contribution is 2.14. The number of halogens is 3. The molecule has 1 aliphatic heterocycles. The molecule has 0 radical (unpaired) electrons. The Morgan fingerprint density at radius 3 is 2.14 bits per heavy atom.